The summed E-state index contributed by atoms with van der Waals surface area (Å²) in [7, 11) is 1.58. The van der Waals surface area contributed by atoms with E-state index in [2.05, 4.69) is 31.5 Å². The lowest BCUT2D eigenvalue weighted by Gasteiger charge is -2.10. The van der Waals surface area contributed by atoms with Crippen LogP contribution in [0.3, 0.4) is 0 Å². The monoisotopic (exact) mass is 347 g/mol. The lowest BCUT2D eigenvalue weighted by Crippen LogP contribution is -2.18. The van der Waals surface area contributed by atoms with Crippen LogP contribution in [0.5, 0.6) is 0 Å². The standard InChI is InChI=1S/C15H14BrN3O2/c1-9-7-10(14(20)17-2)3-5-12(9)19-15(21)11-4-6-13(16)18-8-11/h3-8H,1-2H3,(H,17,20)(H,19,21). The fourth-order valence-electron chi connectivity index (χ4n) is 1.79. The molecular formula is C15H14BrN3O2. The van der Waals surface area contributed by atoms with E-state index >= 15 is 0 Å². The molecule has 1 aromatic heterocycles. The third-order valence-corrected chi connectivity index (χ3v) is 3.42. The number of rotatable bonds is 3. The molecule has 2 N–H and O–H groups in total. The first-order chi connectivity index (χ1) is 10.0. The van der Waals surface area contributed by atoms with Gasteiger partial charge in [0.25, 0.3) is 11.8 Å². The Morgan fingerprint density at radius 2 is 1.81 bits per heavy atom. The van der Waals surface area contributed by atoms with Gasteiger partial charge in [0.05, 0.1) is 5.56 Å². The van der Waals surface area contributed by atoms with Gasteiger partial charge < -0.3 is 10.6 Å². The lowest BCUT2D eigenvalue weighted by molar-refractivity contribution is 0.0962. The van der Waals surface area contributed by atoms with Crippen LogP contribution in [-0.4, -0.2) is 23.8 Å². The fraction of sp³-hybridized carbons (Fsp3) is 0.133. The average molecular weight is 348 g/mol. The maximum atomic E-state index is 12.1. The van der Waals surface area contributed by atoms with E-state index in [1.54, 1.807) is 37.4 Å². The Morgan fingerprint density at radius 3 is 2.38 bits per heavy atom. The molecule has 2 aromatic rings. The topological polar surface area (TPSA) is 71.1 Å². The van der Waals surface area contributed by atoms with Crippen LogP contribution < -0.4 is 10.6 Å². The fourth-order valence-corrected chi connectivity index (χ4v) is 2.03. The van der Waals surface area contributed by atoms with Crippen molar-refractivity contribution in [2.24, 2.45) is 0 Å². The van der Waals surface area contributed by atoms with Gasteiger partial charge in [-0.2, -0.15) is 0 Å². The molecule has 6 heteroatoms. The van der Waals surface area contributed by atoms with Crippen LogP contribution in [-0.2, 0) is 0 Å². The predicted molar refractivity (Wildman–Crippen MR) is 84.5 cm³/mol. The second kappa shape index (κ2) is 6.49. The summed E-state index contributed by atoms with van der Waals surface area (Å²) in [6.07, 6.45) is 1.49. The van der Waals surface area contributed by atoms with E-state index in [4.69, 9.17) is 0 Å². The van der Waals surface area contributed by atoms with Crippen LogP contribution in [0.25, 0.3) is 0 Å². The minimum absolute atomic E-state index is 0.159. The smallest absolute Gasteiger partial charge is 0.257 e. The SMILES string of the molecule is CNC(=O)c1ccc(NC(=O)c2ccc(Br)nc2)c(C)c1. The molecule has 0 fully saturated rings. The number of carbonyl (C=O) groups is 2. The van der Waals surface area contributed by atoms with Crippen molar-refractivity contribution in [3.05, 3.63) is 57.8 Å². The first-order valence-electron chi connectivity index (χ1n) is 6.27. The Labute approximate surface area is 130 Å². The number of aromatic nitrogens is 1. The lowest BCUT2D eigenvalue weighted by atomic mass is 10.1. The maximum Gasteiger partial charge on any atom is 0.257 e. The number of hydrogen-bond acceptors (Lipinski definition) is 3. The van der Waals surface area contributed by atoms with Crippen LogP contribution in [0, 0.1) is 6.92 Å². The van der Waals surface area contributed by atoms with Crippen molar-refractivity contribution in [3.8, 4) is 0 Å². The molecule has 108 valence electrons. The Bertz CT molecular complexity index is 684. The summed E-state index contributed by atoms with van der Waals surface area (Å²) in [4.78, 5) is 27.7. The number of benzene rings is 1. The van der Waals surface area contributed by atoms with Gasteiger partial charge in [0, 0.05) is 24.5 Å². The Kier molecular flexibility index (Phi) is 4.70. The highest BCUT2D eigenvalue weighted by molar-refractivity contribution is 9.10. The van der Waals surface area contributed by atoms with E-state index in [1.807, 2.05) is 6.92 Å². The molecule has 0 aliphatic rings. The third-order valence-electron chi connectivity index (χ3n) is 2.95. The molecule has 0 aliphatic heterocycles. The number of carbonyl (C=O) groups excluding carboxylic acids is 2. The molecule has 1 heterocycles. The zero-order chi connectivity index (χ0) is 15.4. The van der Waals surface area contributed by atoms with Crippen molar-refractivity contribution in [1.82, 2.24) is 10.3 Å². The summed E-state index contributed by atoms with van der Waals surface area (Å²) in [6, 6.07) is 8.50. The summed E-state index contributed by atoms with van der Waals surface area (Å²) in [6.45, 7) is 1.84. The van der Waals surface area contributed by atoms with Crippen molar-refractivity contribution in [2.75, 3.05) is 12.4 Å². The van der Waals surface area contributed by atoms with Gasteiger partial charge in [0.2, 0.25) is 0 Å². The van der Waals surface area contributed by atoms with Crippen molar-refractivity contribution < 1.29 is 9.59 Å². The van der Waals surface area contributed by atoms with Gasteiger partial charge >= 0.3 is 0 Å². The molecule has 0 unspecified atom stereocenters. The summed E-state index contributed by atoms with van der Waals surface area (Å²) in [5, 5.41) is 5.37. The Balaban J connectivity index is 2.18. The van der Waals surface area contributed by atoms with Crippen LogP contribution >= 0.6 is 15.9 Å². The number of anilines is 1. The molecule has 0 radical (unpaired) electrons. The highest BCUT2D eigenvalue weighted by Crippen LogP contribution is 2.18. The van der Waals surface area contributed by atoms with Crippen molar-refractivity contribution in [3.63, 3.8) is 0 Å². The van der Waals surface area contributed by atoms with Crippen LogP contribution in [0.4, 0.5) is 5.69 Å². The van der Waals surface area contributed by atoms with Gasteiger partial charge in [0.1, 0.15) is 4.60 Å². The van der Waals surface area contributed by atoms with Crippen molar-refractivity contribution in [2.45, 2.75) is 6.92 Å². The van der Waals surface area contributed by atoms with Crippen LogP contribution in [0.1, 0.15) is 26.3 Å². The molecule has 5 nitrogen and oxygen atoms in total. The normalized spacial score (nSPS) is 10.0. The van der Waals surface area contributed by atoms with E-state index in [1.165, 1.54) is 6.20 Å². The minimum atomic E-state index is -0.245. The zero-order valence-electron chi connectivity index (χ0n) is 11.6. The van der Waals surface area contributed by atoms with Gasteiger partial charge in [0.15, 0.2) is 0 Å². The first kappa shape index (κ1) is 15.2. The molecule has 0 atom stereocenters. The predicted octanol–water partition coefficient (Wildman–Crippen LogP) is 2.76. The Hall–Kier alpha value is -2.21. The molecule has 21 heavy (non-hydrogen) atoms. The largest absolute Gasteiger partial charge is 0.355 e. The second-order valence-corrected chi connectivity index (χ2v) is 5.25. The van der Waals surface area contributed by atoms with Gasteiger partial charge in [-0.3, -0.25) is 9.59 Å². The van der Waals surface area contributed by atoms with Gasteiger partial charge in [-0.1, -0.05) is 0 Å². The van der Waals surface area contributed by atoms with E-state index in [0.29, 0.717) is 21.4 Å². The zero-order valence-corrected chi connectivity index (χ0v) is 13.2. The van der Waals surface area contributed by atoms with Gasteiger partial charge in [-0.05, 0) is 58.7 Å². The molecule has 1 aromatic carbocycles. The number of amides is 2. The maximum absolute atomic E-state index is 12.1. The van der Waals surface area contributed by atoms with Gasteiger partial charge in [-0.15, -0.1) is 0 Å². The first-order valence-corrected chi connectivity index (χ1v) is 7.06. The number of pyridine rings is 1. The summed E-state index contributed by atoms with van der Waals surface area (Å²) in [5.74, 6) is -0.404. The quantitative estimate of drug-likeness (QED) is 0.838. The highest BCUT2D eigenvalue weighted by Gasteiger charge is 2.10. The molecule has 2 amide bonds. The Morgan fingerprint density at radius 1 is 1.10 bits per heavy atom. The van der Waals surface area contributed by atoms with Gasteiger partial charge in [-0.25, -0.2) is 4.98 Å². The number of halogens is 1. The number of hydrogen-bond donors (Lipinski definition) is 2. The molecule has 2 rings (SSSR count). The molecule has 0 saturated carbocycles. The number of nitrogens with zero attached hydrogens (tertiary/aromatic N) is 1. The number of nitrogens with one attached hydrogen (secondary N) is 2. The average Bonchev–Trinajstić information content (AvgIpc) is 2.49. The molecule has 0 bridgehead atoms. The van der Waals surface area contributed by atoms with Crippen LogP contribution in [0.2, 0.25) is 0 Å². The van der Waals surface area contributed by atoms with Crippen LogP contribution in [0.15, 0.2) is 41.1 Å². The summed E-state index contributed by atoms with van der Waals surface area (Å²) < 4.78 is 0.671. The molecular weight excluding hydrogens is 334 g/mol. The van der Waals surface area contributed by atoms with Crippen molar-refractivity contribution in [1.29, 1.82) is 0 Å². The summed E-state index contributed by atoms with van der Waals surface area (Å²) >= 11 is 3.22. The molecule has 0 spiro atoms. The number of aryl methyl sites for hydroxylation is 1. The molecule has 0 aliphatic carbocycles. The minimum Gasteiger partial charge on any atom is -0.355 e. The third kappa shape index (κ3) is 3.66. The van der Waals surface area contributed by atoms with E-state index in [9.17, 15) is 9.59 Å². The second-order valence-electron chi connectivity index (χ2n) is 4.43. The van der Waals surface area contributed by atoms with E-state index in [0.717, 1.165) is 5.56 Å². The van der Waals surface area contributed by atoms with Crippen molar-refractivity contribution >= 4 is 33.4 Å². The highest BCUT2D eigenvalue weighted by atomic mass is 79.9. The molecule has 0 saturated heterocycles. The van der Waals surface area contributed by atoms with E-state index < -0.39 is 0 Å². The van der Waals surface area contributed by atoms with E-state index in [-0.39, 0.29) is 11.8 Å². The summed E-state index contributed by atoms with van der Waals surface area (Å²) in [5.41, 5.74) is 2.50.